The lowest BCUT2D eigenvalue weighted by atomic mass is 10.1. The number of benzene rings is 1. The van der Waals surface area contributed by atoms with Crippen LogP contribution in [-0.2, 0) is 6.54 Å². The maximum Gasteiger partial charge on any atom is 0.191 e. The average molecular weight is 459 g/mol. The molecule has 2 N–H and O–H groups in total. The van der Waals surface area contributed by atoms with Gasteiger partial charge in [-0.05, 0) is 38.5 Å². The van der Waals surface area contributed by atoms with Crippen molar-refractivity contribution >= 4 is 52.7 Å². The first-order valence-electron chi connectivity index (χ1n) is 8.37. The van der Waals surface area contributed by atoms with Gasteiger partial charge in [-0.15, -0.1) is 24.0 Å². The van der Waals surface area contributed by atoms with E-state index < -0.39 is 0 Å². The molecule has 1 atom stereocenters. The first kappa shape index (κ1) is 19.4. The van der Waals surface area contributed by atoms with E-state index in [1.165, 1.54) is 29.5 Å². The zero-order chi connectivity index (χ0) is 16.1. The highest BCUT2D eigenvalue weighted by atomic mass is 127. The van der Waals surface area contributed by atoms with Gasteiger partial charge in [-0.3, -0.25) is 0 Å². The Balaban J connectivity index is 0.00000208. The Morgan fingerprint density at radius 1 is 1.38 bits per heavy atom. The molecule has 6 heteroatoms. The van der Waals surface area contributed by atoms with Crippen molar-refractivity contribution in [3.8, 4) is 0 Å². The lowest BCUT2D eigenvalue weighted by molar-refractivity contribution is 0.544. The molecule has 1 aromatic heterocycles. The molecular formula is C18H26IN3OS. The predicted molar refractivity (Wildman–Crippen MR) is 115 cm³/mol. The quantitative estimate of drug-likeness (QED) is 0.407. The minimum atomic E-state index is 0. The van der Waals surface area contributed by atoms with Crippen molar-refractivity contribution in [2.24, 2.45) is 4.99 Å². The summed E-state index contributed by atoms with van der Waals surface area (Å²) in [6.07, 6.45) is 2.51. The van der Waals surface area contributed by atoms with Gasteiger partial charge in [-0.1, -0.05) is 18.2 Å². The molecule has 2 heterocycles. The van der Waals surface area contributed by atoms with E-state index in [2.05, 4.69) is 30.5 Å². The molecule has 1 aromatic carbocycles. The van der Waals surface area contributed by atoms with Crippen LogP contribution in [0.1, 0.15) is 31.1 Å². The normalized spacial score (nSPS) is 18.2. The van der Waals surface area contributed by atoms with E-state index >= 15 is 0 Å². The van der Waals surface area contributed by atoms with Crippen LogP contribution in [-0.4, -0.2) is 30.1 Å². The van der Waals surface area contributed by atoms with E-state index in [9.17, 15) is 0 Å². The maximum absolute atomic E-state index is 5.95. The fraction of sp³-hybridized carbons (Fsp3) is 0.500. The highest BCUT2D eigenvalue weighted by Gasteiger charge is 2.15. The molecular weight excluding hydrogens is 433 g/mol. The van der Waals surface area contributed by atoms with Crippen molar-refractivity contribution in [2.75, 3.05) is 18.1 Å². The Kier molecular flexibility index (Phi) is 7.74. The van der Waals surface area contributed by atoms with Crippen molar-refractivity contribution in [3.63, 3.8) is 0 Å². The minimum Gasteiger partial charge on any atom is -0.459 e. The van der Waals surface area contributed by atoms with Crippen LogP contribution >= 0.6 is 35.7 Å². The van der Waals surface area contributed by atoms with E-state index in [1.807, 2.05) is 30.0 Å². The third-order valence-electron chi connectivity index (χ3n) is 4.17. The van der Waals surface area contributed by atoms with Gasteiger partial charge < -0.3 is 15.1 Å². The second-order valence-corrected chi connectivity index (χ2v) is 7.05. The van der Waals surface area contributed by atoms with Gasteiger partial charge >= 0.3 is 0 Å². The highest BCUT2D eigenvalue weighted by molar-refractivity contribution is 14.0. The molecule has 0 bridgehead atoms. The van der Waals surface area contributed by atoms with Gasteiger partial charge in [0.15, 0.2) is 5.96 Å². The second kappa shape index (κ2) is 9.56. The summed E-state index contributed by atoms with van der Waals surface area (Å²) in [7, 11) is 0. The standard InChI is InChI=1S/C18H25N3OS.HI/c1-3-19-18(21-14-7-6-10-23-12-14)20-11-17-13(2)15-8-4-5-9-16(15)22-17;/h4-5,8-9,14H,3,6-7,10-12H2,1-2H3,(H2,19,20,21);1H. The number of nitrogens with zero attached hydrogens (tertiary/aromatic N) is 1. The van der Waals surface area contributed by atoms with E-state index in [0.717, 1.165) is 29.6 Å². The van der Waals surface area contributed by atoms with Gasteiger partial charge in [0.05, 0.1) is 0 Å². The van der Waals surface area contributed by atoms with Crippen LogP contribution in [0, 0.1) is 6.92 Å². The van der Waals surface area contributed by atoms with Crippen LogP contribution in [0.2, 0.25) is 0 Å². The molecule has 0 saturated carbocycles. The number of aliphatic imine (C=N–C) groups is 1. The minimum absolute atomic E-state index is 0. The largest absolute Gasteiger partial charge is 0.459 e. The first-order chi connectivity index (χ1) is 11.3. The fourth-order valence-corrected chi connectivity index (χ4v) is 3.97. The topological polar surface area (TPSA) is 49.6 Å². The average Bonchev–Trinajstić information content (AvgIpc) is 2.90. The van der Waals surface area contributed by atoms with Crippen LogP contribution in [0.5, 0.6) is 0 Å². The summed E-state index contributed by atoms with van der Waals surface area (Å²) >= 11 is 2.02. The number of thioether (sulfide) groups is 1. The van der Waals surface area contributed by atoms with Gasteiger partial charge in [0.1, 0.15) is 17.9 Å². The molecule has 1 fully saturated rings. The Morgan fingerprint density at radius 3 is 2.92 bits per heavy atom. The smallest absolute Gasteiger partial charge is 0.191 e. The maximum atomic E-state index is 5.95. The number of fused-ring (bicyclic) bond motifs is 1. The summed E-state index contributed by atoms with van der Waals surface area (Å²) in [6, 6.07) is 8.68. The lowest BCUT2D eigenvalue weighted by Crippen LogP contribution is -2.45. The number of rotatable bonds is 4. The molecule has 1 aliphatic heterocycles. The number of aryl methyl sites for hydroxylation is 1. The summed E-state index contributed by atoms with van der Waals surface area (Å²) < 4.78 is 5.95. The summed E-state index contributed by atoms with van der Waals surface area (Å²) in [5.41, 5.74) is 2.13. The zero-order valence-electron chi connectivity index (χ0n) is 14.3. The molecule has 0 aliphatic carbocycles. The fourth-order valence-electron chi connectivity index (χ4n) is 2.89. The Morgan fingerprint density at radius 2 is 2.21 bits per heavy atom. The number of halogens is 1. The molecule has 0 spiro atoms. The highest BCUT2D eigenvalue weighted by Crippen LogP contribution is 2.25. The van der Waals surface area contributed by atoms with Crippen LogP contribution in [0.3, 0.4) is 0 Å². The number of furan rings is 1. The Bertz CT molecular complexity index is 680. The SMILES string of the molecule is CCNC(=NCc1oc2ccccc2c1C)NC1CCCSC1.I. The number of para-hydroxylation sites is 1. The molecule has 1 saturated heterocycles. The summed E-state index contributed by atoms with van der Waals surface area (Å²) in [4.78, 5) is 4.73. The van der Waals surface area contributed by atoms with E-state index in [1.54, 1.807) is 0 Å². The number of hydrogen-bond donors (Lipinski definition) is 2. The molecule has 4 nitrogen and oxygen atoms in total. The van der Waals surface area contributed by atoms with Crippen LogP contribution in [0.15, 0.2) is 33.7 Å². The van der Waals surface area contributed by atoms with E-state index in [0.29, 0.717) is 12.6 Å². The van der Waals surface area contributed by atoms with Gasteiger partial charge in [-0.2, -0.15) is 11.8 Å². The van der Waals surface area contributed by atoms with Crippen LogP contribution in [0.4, 0.5) is 0 Å². The van der Waals surface area contributed by atoms with Gasteiger partial charge in [0.25, 0.3) is 0 Å². The summed E-state index contributed by atoms with van der Waals surface area (Å²) in [5.74, 6) is 4.28. The van der Waals surface area contributed by atoms with E-state index in [4.69, 9.17) is 9.41 Å². The molecule has 24 heavy (non-hydrogen) atoms. The third-order valence-corrected chi connectivity index (χ3v) is 5.38. The van der Waals surface area contributed by atoms with Gasteiger partial charge in [0, 0.05) is 29.3 Å². The molecule has 0 amide bonds. The molecule has 3 rings (SSSR count). The molecule has 1 aliphatic rings. The molecule has 2 aromatic rings. The second-order valence-electron chi connectivity index (χ2n) is 5.90. The first-order valence-corrected chi connectivity index (χ1v) is 9.53. The predicted octanol–water partition coefficient (Wildman–Crippen LogP) is 4.31. The summed E-state index contributed by atoms with van der Waals surface area (Å²) in [6.45, 7) is 5.63. The van der Waals surface area contributed by atoms with Crippen molar-refractivity contribution in [1.82, 2.24) is 10.6 Å². The Labute approximate surface area is 165 Å². The summed E-state index contributed by atoms with van der Waals surface area (Å²) in [5, 5.41) is 8.08. The molecule has 1 unspecified atom stereocenters. The van der Waals surface area contributed by atoms with Crippen molar-refractivity contribution in [1.29, 1.82) is 0 Å². The molecule has 132 valence electrons. The lowest BCUT2D eigenvalue weighted by Gasteiger charge is -2.24. The van der Waals surface area contributed by atoms with Crippen molar-refractivity contribution in [2.45, 2.75) is 39.3 Å². The van der Waals surface area contributed by atoms with Gasteiger partial charge in [-0.25, -0.2) is 4.99 Å². The van der Waals surface area contributed by atoms with Gasteiger partial charge in [0.2, 0.25) is 0 Å². The van der Waals surface area contributed by atoms with Crippen LogP contribution in [0.25, 0.3) is 11.0 Å². The zero-order valence-corrected chi connectivity index (χ0v) is 17.4. The number of guanidine groups is 1. The number of hydrogen-bond acceptors (Lipinski definition) is 3. The monoisotopic (exact) mass is 459 g/mol. The van der Waals surface area contributed by atoms with Crippen LogP contribution < -0.4 is 10.6 Å². The Hall–Kier alpha value is -0.890. The van der Waals surface area contributed by atoms with Crippen molar-refractivity contribution in [3.05, 3.63) is 35.6 Å². The van der Waals surface area contributed by atoms with Crippen molar-refractivity contribution < 1.29 is 4.42 Å². The number of nitrogens with one attached hydrogen (secondary N) is 2. The van der Waals surface area contributed by atoms with E-state index in [-0.39, 0.29) is 24.0 Å². The molecule has 0 radical (unpaired) electrons. The third kappa shape index (κ3) is 4.81.